The molecule has 104 valence electrons. The number of nitrogens with one attached hydrogen (secondary N) is 2. The van der Waals surface area contributed by atoms with Crippen LogP contribution in [-0.2, 0) is 0 Å². The summed E-state index contributed by atoms with van der Waals surface area (Å²) in [6.45, 7) is 1.80. The second kappa shape index (κ2) is 6.38. The summed E-state index contributed by atoms with van der Waals surface area (Å²) in [5.74, 6) is 5.54. The molecule has 0 spiro atoms. The number of aromatic nitrogens is 1. The minimum absolute atomic E-state index is 0.229. The number of rotatable bonds is 3. The highest BCUT2D eigenvalue weighted by Gasteiger charge is 2.10. The largest absolute Gasteiger partial charge is 0.321 e. The van der Waals surface area contributed by atoms with E-state index in [0.29, 0.717) is 27.8 Å². The van der Waals surface area contributed by atoms with Gasteiger partial charge in [-0.25, -0.2) is 10.8 Å². The van der Waals surface area contributed by atoms with Crippen molar-refractivity contribution in [1.29, 1.82) is 0 Å². The Morgan fingerprint density at radius 1 is 1.35 bits per heavy atom. The minimum atomic E-state index is -0.229. The van der Waals surface area contributed by atoms with E-state index in [-0.39, 0.29) is 5.91 Å². The van der Waals surface area contributed by atoms with Crippen LogP contribution < -0.4 is 16.6 Å². The fourth-order valence-corrected chi connectivity index (χ4v) is 2.67. The molecule has 0 bridgehead atoms. The van der Waals surface area contributed by atoms with Crippen LogP contribution in [0.2, 0.25) is 5.02 Å². The number of aryl methyl sites for hydroxylation is 1. The lowest BCUT2D eigenvalue weighted by atomic mass is 10.2. The average molecular weight is 403 g/mol. The van der Waals surface area contributed by atoms with Crippen molar-refractivity contribution in [3.8, 4) is 0 Å². The zero-order chi connectivity index (χ0) is 14.7. The minimum Gasteiger partial charge on any atom is -0.321 e. The summed E-state index contributed by atoms with van der Waals surface area (Å²) >= 11 is 8.00. The summed E-state index contributed by atoms with van der Waals surface area (Å²) in [6.07, 6.45) is 0. The van der Waals surface area contributed by atoms with Crippen molar-refractivity contribution in [2.75, 3.05) is 10.7 Å². The summed E-state index contributed by atoms with van der Waals surface area (Å²) in [5.41, 5.74) is 4.33. The number of halogens is 2. The highest BCUT2D eigenvalue weighted by Crippen LogP contribution is 2.23. The second-order valence-corrected chi connectivity index (χ2v) is 5.70. The van der Waals surface area contributed by atoms with E-state index in [1.807, 2.05) is 0 Å². The van der Waals surface area contributed by atoms with Gasteiger partial charge in [-0.3, -0.25) is 4.79 Å². The van der Waals surface area contributed by atoms with E-state index in [0.717, 1.165) is 3.57 Å². The Balaban J connectivity index is 2.26. The quantitative estimate of drug-likeness (QED) is 0.418. The van der Waals surface area contributed by atoms with Crippen LogP contribution in [-0.4, -0.2) is 10.9 Å². The maximum atomic E-state index is 12.2. The molecule has 0 aliphatic heterocycles. The van der Waals surface area contributed by atoms with Gasteiger partial charge in [0.1, 0.15) is 5.82 Å². The molecule has 0 fully saturated rings. The smallest absolute Gasteiger partial charge is 0.255 e. The lowest BCUT2D eigenvalue weighted by molar-refractivity contribution is 0.102. The van der Waals surface area contributed by atoms with E-state index in [9.17, 15) is 4.79 Å². The highest BCUT2D eigenvalue weighted by molar-refractivity contribution is 14.1. The van der Waals surface area contributed by atoms with Crippen molar-refractivity contribution in [2.45, 2.75) is 6.92 Å². The third-order valence-electron chi connectivity index (χ3n) is 2.54. The van der Waals surface area contributed by atoms with Crippen LogP contribution in [0.25, 0.3) is 0 Å². The first-order valence-electron chi connectivity index (χ1n) is 5.71. The standard InChI is InChI=1S/C13H12ClIN4O/c1-7-4-8(5-12(17-7)19-16)13(20)18-11-3-2-9(14)6-10(11)15/h2-6H,16H2,1H3,(H,17,19)(H,18,20). The molecule has 4 N–H and O–H groups in total. The predicted octanol–water partition coefficient (Wildman–Crippen LogP) is 3.19. The monoisotopic (exact) mass is 402 g/mol. The number of nitrogens with zero attached hydrogens (tertiary/aromatic N) is 1. The van der Waals surface area contributed by atoms with Crippen LogP contribution >= 0.6 is 34.2 Å². The van der Waals surface area contributed by atoms with Gasteiger partial charge in [-0.2, -0.15) is 0 Å². The number of nitrogen functional groups attached to an aromatic ring is 1. The molecular formula is C13H12ClIN4O. The number of nitrogens with two attached hydrogens (primary N) is 1. The van der Waals surface area contributed by atoms with Crippen molar-refractivity contribution in [2.24, 2.45) is 5.84 Å². The Morgan fingerprint density at radius 2 is 2.10 bits per heavy atom. The van der Waals surface area contributed by atoms with Crippen LogP contribution in [0.4, 0.5) is 11.5 Å². The van der Waals surface area contributed by atoms with E-state index in [4.69, 9.17) is 17.4 Å². The first kappa shape index (κ1) is 15.0. The number of hydrogen-bond donors (Lipinski definition) is 3. The summed E-state index contributed by atoms with van der Waals surface area (Å²) < 4.78 is 0.867. The van der Waals surface area contributed by atoms with Crippen LogP contribution in [0, 0.1) is 10.5 Å². The summed E-state index contributed by atoms with van der Waals surface area (Å²) in [6, 6.07) is 8.55. The Hall–Kier alpha value is -1.38. The van der Waals surface area contributed by atoms with Gasteiger partial charge in [0.25, 0.3) is 5.91 Å². The first-order chi connectivity index (χ1) is 9.49. The zero-order valence-corrected chi connectivity index (χ0v) is 13.5. The number of amides is 1. The topological polar surface area (TPSA) is 80.0 Å². The van der Waals surface area contributed by atoms with Gasteiger partial charge in [-0.05, 0) is 59.8 Å². The molecule has 1 amide bonds. The number of carbonyl (C=O) groups is 1. The highest BCUT2D eigenvalue weighted by atomic mass is 127. The van der Waals surface area contributed by atoms with E-state index in [2.05, 4.69) is 38.3 Å². The molecule has 5 nitrogen and oxygen atoms in total. The molecule has 7 heteroatoms. The van der Waals surface area contributed by atoms with Gasteiger partial charge >= 0.3 is 0 Å². The Kier molecular flexibility index (Phi) is 4.79. The molecule has 0 saturated carbocycles. The van der Waals surface area contributed by atoms with Gasteiger partial charge in [-0.1, -0.05) is 11.6 Å². The molecule has 0 unspecified atom stereocenters. The Morgan fingerprint density at radius 3 is 2.75 bits per heavy atom. The third-order valence-corrected chi connectivity index (χ3v) is 3.67. The molecule has 0 atom stereocenters. The maximum Gasteiger partial charge on any atom is 0.255 e. The van der Waals surface area contributed by atoms with Crippen molar-refractivity contribution < 1.29 is 4.79 Å². The number of hydrazine groups is 1. The molecule has 0 saturated heterocycles. The lowest BCUT2D eigenvalue weighted by Crippen LogP contribution is -2.15. The number of anilines is 2. The number of pyridine rings is 1. The molecule has 1 aromatic carbocycles. The molecule has 2 rings (SSSR count). The van der Waals surface area contributed by atoms with Crippen molar-refractivity contribution in [3.05, 3.63) is 50.2 Å². The summed E-state index contributed by atoms with van der Waals surface area (Å²) in [7, 11) is 0. The van der Waals surface area contributed by atoms with E-state index < -0.39 is 0 Å². The number of carbonyl (C=O) groups excluding carboxylic acids is 1. The molecule has 2 aromatic rings. The van der Waals surface area contributed by atoms with E-state index >= 15 is 0 Å². The number of benzene rings is 1. The zero-order valence-electron chi connectivity index (χ0n) is 10.6. The van der Waals surface area contributed by atoms with Crippen LogP contribution in [0.5, 0.6) is 0 Å². The first-order valence-corrected chi connectivity index (χ1v) is 7.17. The third kappa shape index (κ3) is 3.59. The number of hydrogen-bond acceptors (Lipinski definition) is 4. The Labute approximate surface area is 135 Å². The summed E-state index contributed by atoms with van der Waals surface area (Å²) in [4.78, 5) is 16.4. The predicted molar refractivity (Wildman–Crippen MR) is 88.9 cm³/mol. The van der Waals surface area contributed by atoms with Crippen LogP contribution in [0.15, 0.2) is 30.3 Å². The molecule has 1 aromatic heterocycles. The molecular weight excluding hydrogens is 391 g/mol. The van der Waals surface area contributed by atoms with Gasteiger partial charge < -0.3 is 10.7 Å². The van der Waals surface area contributed by atoms with E-state index in [1.54, 1.807) is 37.3 Å². The SMILES string of the molecule is Cc1cc(C(=O)Nc2ccc(Cl)cc2I)cc(NN)n1. The maximum absolute atomic E-state index is 12.2. The molecule has 20 heavy (non-hydrogen) atoms. The molecule has 0 radical (unpaired) electrons. The van der Waals surface area contributed by atoms with Crippen LogP contribution in [0.1, 0.15) is 16.1 Å². The van der Waals surface area contributed by atoms with Crippen molar-refractivity contribution in [1.82, 2.24) is 4.98 Å². The van der Waals surface area contributed by atoms with Gasteiger partial charge in [-0.15, -0.1) is 0 Å². The second-order valence-electron chi connectivity index (χ2n) is 4.11. The van der Waals surface area contributed by atoms with Gasteiger partial charge in [0.2, 0.25) is 0 Å². The average Bonchev–Trinajstić information content (AvgIpc) is 2.41. The van der Waals surface area contributed by atoms with Crippen molar-refractivity contribution in [3.63, 3.8) is 0 Å². The van der Waals surface area contributed by atoms with Crippen LogP contribution in [0.3, 0.4) is 0 Å². The van der Waals surface area contributed by atoms with Gasteiger partial charge in [0.05, 0.1) is 5.69 Å². The van der Waals surface area contributed by atoms with Gasteiger partial charge in [0.15, 0.2) is 0 Å². The molecule has 0 aliphatic carbocycles. The Bertz CT molecular complexity index is 663. The van der Waals surface area contributed by atoms with Gasteiger partial charge in [0, 0.05) is 19.9 Å². The van der Waals surface area contributed by atoms with Crippen molar-refractivity contribution >= 4 is 51.6 Å². The molecule has 0 aliphatic rings. The normalized spacial score (nSPS) is 10.2. The molecule has 1 heterocycles. The lowest BCUT2D eigenvalue weighted by Gasteiger charge is -2.09. The fraction of sp³-hybridized carbons (Fsp3) is 0.0769. The fourth-order valence-electron chi connectivity index (χ4n) is 1.66. The van der Waals surface area contributed by atoms with E-state index in [1.165, 1.54) is 0 Å². The summed E-state index contributed by atoms with van der Waals surface area (Å²) in [5, 5.41) is 3.46.